The normalized spacial score (nSPS) is 16.7. The zero-order chi connectivity index (χ0) is 33.9. The van der Waals surface area contributed by atoms with Crippen LogP contribution in [0.5, 0.6) is 0 Å². The van der Waals surface area contributed by atoms with E-state index in [1.54, 1.807) is 0 Å². The molecule has 1 amide bonds. The Bertz CT molecular complexity index is 951. The van der Waals surface area contributed by atoms with Gasteiger partial charge < -0.3 is 10.1 Å². The Balaban J connectivity index is 6.82. The predicted molar refractivity (Wildman–Crippen MR) is 94.4 cm³/mol. The first-order valence-electron chi connectivity index (χ1n) is 9.10. The van der Waals surface area contributed by atoms with Crippen molar-refractivity contribution in [2.75, 3.05) is 6.61 Å². The summed E-state index contributed by atoms with van der Waals surface area (Å²) < 4.78 is 268. The molecule has 0 saturated carbocycles. The summed E-state index contributed by atoms with van der Waals surface area (Å²) in [4.78, 5) is 10.9. The van der Waals surface area contributed by atoms with Crippen molar-refractivity contribution in [2.45, 2.75) is 76.7 Å². The van der Waals surface area contributed by atoms with E-state index in [4.69, 9.17) is 34.8 Å². The average molecular weight is 721 g/mol. The summed E-state index contributed by atoms with van der Waals surface area (Å²) in [5.74, 6) is -77.8. The summed E-state index contributed by atoms with van der Waals surface area (Å²) in [5, 5.41) is 1.25. The van der Waals surface area contributed by atoms with E-state index >= 15 is 0 Å². The molecule has 0 aromatic carbocycles. The molecule has 0 bridgehead atoms. The Morgan fingerprint density at radius 1 is 0.610 bits per heavy atom. The number of rotatable bonds is 13. The van der Waals surface area contributed by atoms with Crippen LogP contribution in [0.1, 0.15) is 6.92 Å². The van der Waals surface area contributed by atoms with Gasteiger partial charge in [-0.3, -0.25) is 4.79 Å². The van der Waals surface area contributed by atoms with Gasteiger partial charge in [0.1, 0.15) is 6.61 Å². The fourth-order valence-corrected chi connectivity index (χ4v) is 2.60. The minimum absolute atomic E-state index is 0.479. The molecule has 0 rings (SSSR count). The maximum absolute atomic E-state index is 13.9. The van der Waals surface area contributed by atoms with E-state index in [0.29, 0.717) is 6.92 Å². The molecule has 0 spiro atoms. The first-order valence-corrected chi connectivity index (χ1v) is 10.2. The van der Waals surface area contributed by atoms with Gasteiger partial charge in [0.15, 0.2) is 6.23 Å². The van der Waals surface area contributed by atoms with Crippen molar-refractivity contribution in [1.82, 2.24) is 5.32 Å². The molecule has 246 valence electrons. The number of ether oxygens (including phenoxy) is 1. The van der Waals surface area contributed by atoms with E-state index in [0.717, 1.165) is 0 Å². The number of carbonyl (C=O) groups is 1. The summed E-state index contributed by atoms with van der Waals surface area (Å²) in [6.07, 6.45) is -9.02. The van der Waals surface area contributed by atoms with Crippen molar-refractivity contribution in [3.8, 4) is 0 Å². The van der Waals surface area contributed by atoms with Crippen molar-refractivity contribution < 1.29 is 97.3 Å². The Labute approximate surface area is 227 Å². The molecule has 0 aromatic rings. The molecule has 0 aliphatic carbocycles. The van der Waals surface area contributed by atoms with Gasteiger partial charge in [-0.1, -0.05) is 34.8 Å². The predicted octanol–water partition coefficient (Wildman–Crippen LogP) is 7.82. The van der Waals surface area contributed by atoms with Crippen LogP contribution < -0.4 is 5.32 Å². The molecule has 1 N–H and O–H groups in total. The van der Waals surface area contributed by atoms with E-state index in [1.165, 1.54) is 5.32 Å². The molecule has 0 aliphatic rings. The molecule has 0 aromatic heterocycles. The highest BCUT2D eigenvalue weighted by Crippen LogP contribution is 2.65. The van der Waals surface area contributed by atoms with Crippen LogP contribution in [0.3, 0.4) is 0 Å². The molecular weight excluding hydrogens is 712 g/mol. The van der Waals surface area contributed by atoms with Crippen LogP contribution in [0.15, 0.2) is 0 Å². The second-order valence-electron chi connectivity index (χ2n) is 7.58. The fourth-order valence-electron chi connectivity index (χ4n) is 2.24. The number of carbonyl (C=O) groups excluding carboxylic acids is 1. The summed E-state index contributed by atoms with van der Waals surface area (Å²) in [5.41, 5.74) is 0. The minimum atomic E-state index is -9.13. The molecule has 0 saturated heterocycles. The van der Waals surface area contributed by atoms with Gasteiger partial charge in [0.25, 0.3) is 0 Å². The summed E-state index contributed by atoms with van der Waals surface area (Å²) in [6, 6.07) is 0. The number of alkyl halides is 23. The van der Waals surface area contributed by atoms with Crippen LogP contribution in [0.25, 0.3) is 0 Å². The molecule has 41 heavy (non-hydrogen) atoms. The highest BCUT2D eigenvalue weighted by molar-refractivity contribution is 6.68. The van der Waals surface area contributed by atoms with Crippen molar-refractivity contribution in [3.05, 3.63) is 0 Å². The highest BCUT2D eigenvalue weighted by Gasteiger charge is 2.96. The average Bonchev–Trinajstić information content (AvgIpc) is 2.74. The van der Waals surface area contributed by atoms with E-state index < -0.39 is 82.3 Å². The maximum Gasteiger partial charge on any atom is 0.385 e. The Kier molecular flexibility index (Phi) is 10.8. The Hall–Kier alpha value is -1.10. The minimum Gasteiger partial charge on any atom is -0.347 e. The number of amides is 1. The standard InChI is InChI=1S/C15H8Cl3F20NO2/c1-3(40)39-5(8(16,17)18)41-2-6(21,22)9(25,26)11(29,30)13(33,34)15(37,38)14(35,36)12(31,32)10(27,28)7(23,24)4(19)20/h4-5H,2H2,1H3,(H,39,40)/t5-/m1/s1. The lowest BCUT2D eigenvalue weighted by atomic mass is 9.86. The zero-order valence-corrected chi connectivity index (χ0v) is 20.6. The van der Waals surface area contributed by atoms with Gasteiger partial charge in [-0.05, 0) is 0 Å². The molecule has 0 aliphatic heterocycles. The third kappa shape index (κ3) is 6.14. The van der Waals surface area contributed by atoms with Crippen LogP contribution in [0.2, 0.25) is 0 Å². The van der Waals surface area contributed by atoms with E-state index in [9.17, 15) is 92.6 Å². The van der Waals surface area contributed by atoms with Crippen molar-refractivity contribution in [2.24, 2.45) is 0 Å². The smallest absolute Gasteiger partial charge is 0.347 e. The van der Waals surface area contributed by atoms with Gasteiger partial charge in [0.05, 0.1) is 0 Å². The lowest BCUT2D eigenvalue weighted by Gasteiger charge is -2.44. The van der Waals surface area contributed by atoms with Crippen molar-refractivity contribution in [1.29, 1.82) is 0 Å². The first-order chi connectivity index (χ1) is 17.5. The van der Waals surface area contributed by atoms with Crippen LogP contribution >= 0.6 is 34.8 Å². The molecule has 1 atom stereocenters. The molecule has 0 fully saturated rings. The van der Waals surface area contributed by atoms with Gasteiger partial charge in [0, 0.05) is 6.92 Å². The van der Waals surface area contributed by atoms with Gasteiger partial charge in [-0.25, -0.2) is 8.78 Å². The van der Waals surface area contributed by atoms with Crippen LogP contribution in [-0.4, -0.2) is 82.3 Å². The molecule has 26 heteroatoms. The maximum atomic E-state index is 13.9. The van der Waals surface area contributed by atoms with Crippen molar-refractivity contribution >= 4 is 40.7 Å². The monoisotopic (exact) mass is 719 g/mol. The third-order valence-electron chi connectivity index (χ3n) is 4.58. The number of nitrogens with one attached hydrogen (secondary N) is 1. The van der Waals surface area contributed by atoms with E-state index in [1.807, 2.05) is 0 Å². The number of hydrogen-bond donors (Lipinski definition) is 1. The topological polar surface area (TPSA) is 38.3 Å². The SMILES string of the molecule is CC(=O)N[C@H](OCC(F)(F)C(F)(F)C(F)(F)C(F)(F)C(F)(F)C(F)(F)C(F)(F)C(F)(F)C(F)(F)C(F)F)C(Cl)(Cl)Cl. The lowest BCUT2D eigenvalue weighted by Crippen LogP contribution is -2.76. The quantitative estimate of drug-likeness (QED) is 0.120. The van der Waals surface area contributed by atoms with Gasteiger partial charge in [-0.15, -0.1) is 0 Å². The summed E-state index contributed by atoms with van der Waals surface area (Å²) in [6.45, 7) is -2.99. The molecule has 0 radical (unpaired) electrons. The van der Waals surface area contributed by atoms with E-state index in [2.05, 4.69) is 4.74 Å². The summed E-state index contributed by atoms with van der Waals surface area (Å²) in [7, 11) is 0. The third-order valence-corrected chi connectivity index (χ3v) is 5.18. The van der Waals surface area contributed by atoms with Crippen molar-refractivity contribution in [3.63, 3.8) is 0 Å². The lowest BCUT2D eigenvalue weighted by molar-refractivity contribution is -0.466. The Morgan fingerprint density at radius 3 is 1.17 bits per heavy atom. The van der Waals surface area contributed by atoms with Crippen LogP contribution in [0, 0.1) is 0 Å². The molecule has 3 nitrogen and oxygen atoms in total. The van der Waals surface area contributed by atoms with E-state index in [-0.39, 0.29) is 0 Å². The van der Waals surface area contributed by atoms with Crippen LogP contribution in [0.4, 0.5) is 87.8 Å². The summed E-state index contributed by atoms with van der Waals surface area (Å²) >= 11 is 15.2. The Morgan fingerprint density at radius 2 is 0.902 bits per heavy atom. The largest absolute Gasteiger partial charge is 0.385 e. The second-order valence-corrected chi connectivity index (χ2v) is 9.95. The molecular formula is C15H8Cl3F20NO2. The first kappa shape index (κ1) is 39.9. The molecule has 0 unspecified atom stereocenters. The van der Waals surface area contributed by atoms with Gasteiger partial charge >= 0.3 is 59.7 Å². The van der Waals surface area contributed by atoms with Gasteiger partial charge in [0.2, 0.25) is 9.70 Å². The zero-order valence-electron chi connectivity index (χ0n) is 18.4. The van der Waals surface area contributed by atoms with Crippen LogP contribution in [-0.2, 0) is 9.53 Å². The number of hydrogen-bond acceptors (Lipinski definition) is 2. The fraction of sp³-hybridized carbons (Fsp3) is 0.933. The molecule has 0 heterocycles. The highest BCUT2D eigenvalue weighted by atomic mass is 35.6. The van der Waals surface area contributed by atoms with Gasteiger partial charge in [-0.2, -0.15) is 79.0 Å². The number of halogens is 23. The second kappa shape index (κ2) is 11.1.